The van der Waals surface area contributed by atoms with Crippen molar-refractivity contribution >= 4 is 23.9 Å². The highest BCUT2D eigenvalue weighted by Crippen LogP contribution is 2.37. The van der Waals surface area contributed by atoms with Crippen molar-refractivity contribution in [3.8, 4) is 0 Å². The minimum absolute atomic E-state index is 0.0154. The standard InChI is InChI=1S/C24H33N3O6/c1-3-32-23(31)27-13-9-20(10-14-27)25-21(29)17-33-22(30)24(19-7-5-4-6-8-19)11-15-26(16-12-24)18(2)28/h4-8,20H,3,9-17H2,1-2H3,(H,25,29). The molecule has 0 bridgehead atoms. The van der Waals surface area contributed by atoms with Crippen LogP contribution in [0.4, 0.5) is 4.79 Å². The summed E-state index contributed by atoms with van der Waals surface area (Å²) < 4.78 is 10.5. The lowest BCUT2D eigenvalue weighted by Gasteiger charge is -2.40. The zero-order chi connectivity index (χ0) is 23.8. The molecule has 2 heterocycles. The molecule has 0 unspecified atom stereocenters. The molecule has 0 aliphatic carbocycles. The Hall–Kier alpha value is -3.10. The van der Waals surface area contributed by atoms with Gasteiger partial charge in [-0.05, 0) is 38.2 Å². The maximum absolute atomic E-state index is 13.2. The van der Waals surface area contributed by atoms with E-state index in [0.717, 1.165) is 5.56 Å². The summed E-state index contributed by atoms with van der Waals surface area (Å²) in [5.74, 6) is -0.815. The molecular formula is C24H33N3O6. The second kappa shape index (κ2) is 11.2. The maximum atomic E-state index is 13.2. The summed E-state index contributed by atoms with van der Waals surface area (Å²) in [7, 11) is 0. The maximum Gasteiger partial charge on any atom is 0.409 e. The zero-order valence-electron chi connectivity index (χ0n) is 19.4. The Morgan fingerprint density at radius 1 is 0.970 bits per heavy atom. The monoisotopic (exact) mass is 459 g/mol. The van der Waals surface area contributed by atoms with Gasteiger partial charge >= 0.3 is 12.1 Å². The Bertz CT molecular complexity index is 843. The van der Waals surface area contributed by atoms with Crippen LogP contribution in [0.2, 0.25) is 0 Å². The van der Waals surface area contributed by atoms with Crippen LogP contribution in [0, 0.1) is 0 Å². The molecule has 0 spiro atoms. The molecule has 9 nitrogen and oxygen atoms in total. The minimum Gasteiger partial charge on any atom is -0.455 e. The van der Waals surface area contributed by atoms with Crippen molar-refractivity contribution in [1.82, 2.24) is 15.1 Å². The Morgan fingerprint density at radius 3 is 2.18 bits per heavy atom. The topological polar surface area (TPSA) is 105 Å². The van der Waals surface area contributed by atoms with Crippen LogP contribution < -0.4 is 5.32 Å². The van der Waals surface area contributed by atoms with E-state index in [1.165, 1.54) is 6.92 Å². The van der Waals surface area contributed by atoms with Gasteiger partial charge < -0.3 is 24.6 Å². The SMILES string of the molecule is CCOC(=O)N1CCC(NC(=O)COC(=O)C2(c3ccccc3)CCN(C(C)=O)CC2)CC1. The predicted molar refractivity (Wildman–Crippen MR) is 120 cm³/mol. The minimum atomic E-state index is -0.877. The number of benzene rings is 1. The third kappa shape index (κ3) is 6.03. The van der Waals surface area contributed by atoms with Gasteiger partial charge in [0.15, 0.2) is 6.61 Å². The first kappa shape index (κ1) is 24.5. The van der Waals surface area contributed by atoms with Crippen LogP contribution in [-0.4, -0.2) is 79.1 Å². The van der Waals surface area contributed by atoms with E-state index in [0.29, 0.717) is 58.5 Å². The second-order valence-electron chi connectivity index (χ2n) is 8.56. The van der Waals surface area contributed by atoms with Crippen LogP contribution in [0.15, 0.2) is 30.3 Å². The summed E-state index contributed by atoms with van der Waals surface area (Å²) in [6.45, 7) is 5.20. The van der Waals surface area contributed by atoms with Gasteiger partial charge in [0.05, 0.1) is 12.0 Å². The lowest BCUT2D eigenvalue weighted by molar-refractivity contribution is -0.157. The number of hydrogen-bond acceptors (Lipinski definition) is 6. The van der Waals surface area contributed by atoms with Gasteiger partial charge in [-0.15, -0.1) is 0 Å². The van der Waals surface area contributed by atoms with E-state index in [9.17, 15) is 19.2 Å². The number of rotatable bonds is 6. The fourth-order valence-corrected chi connectivity index (χ4v) is 4.53. The number of likely N-dealkylation sites (tertiary alicyclic amines) is 2. The summed E-state index contributed by atoms with van der Waals surface area (Å²) >= 11 is 0. The largest absolute Gasteiger partial charge is 0.455 e. The molecule has 9 heteroatoms. The molecule has 3 rings (SSSR count). The van der Waals surface area contributed by atoms with Gasteiger partial charge in [0, 0.05) is 39.1 Å². The summed E-state index contributed by atoms with van der Waals surface area (Å²) in [6, 6.07) is 9.33. The molecule has 0 atom stereocenters. The normalized spacial score (nSPS) is 18.4. The van der Waals surface area contributed by atoms with Gasteiger partial charge in [0.1, 0.15) is 0 Å². The molecule has 2 aliphatic heterocycles. The van der Waals surface area contributed by atoms with E-state index < -0.39 is 11.4 Å². The highest BCUT2D eigenvalue weighted by Gasteiger charge is 2.45. The number of carbonyl (C=O) groups is 4. The molecule has 1 aromatic rings. The number of carbonyl (C=O) groups excluding carboxylic acids is 4. The molecular weight excluding hydrogens is 426 g/mol. The lowest BCUT2D eigenvalue weighted by Crippen LogP contribution is -2.50. The van der Waals surface area contributed by atoms with Crippen molar-refractivity contribution in [3.05, 3.63) is 35.9 Å². The van der Waals surface area contributed by atoms with Crippen LogP contribution in [0.25, 0.3) is 0 Å². The van der Waals surface area contributed by atoms with Crippen molar-refractivity contribution in [2.75, 3.05) is 39.4 Å². The molecule has 2 fully saturated rings. The van der Waals surface area contributed by atoms with Gasteiger partial charge in [-0.2, -0.15) is 0 Å². The molecule has 1 N–H and O–H groups in total. The molecule has 33 heavy (non-hydrogen) atoms. The van der Waals surface area contributed by atoms with E-state index >= 15 is 0 Å². The van der Waals surface area contributed by atoms with Crippen LogP contribution >= 0.6 is 0 Å². The zero-order valence-corrected chi connectivity index (χ0v) is 19.4. The van der Waals surface area contributed by atoms with Gasteiger partial charge in [0.2, 0.25) is 5.91 Å². The van der Waals surface area contributed by atoms with Gasteiger partial charge in [-0.25, -0.2) is 4.79 Å². The first-order chi connectivity index (χ1) is 15.9. The van der Waals surface area contributed by atoms with Gasteiger partial charge in [-0.1, -0.05) is 30.3 Å². The van der Waals surface area contributed by atoms with E-state index in [1.54, 1.807) is 16.7 Å². The molecule has 2 saturated heterocycles. The molecule has 3 amide bonds. The van der Waals surface area contributed by atoms with Crippen molar-refractivity contribution in [1.29, 1.82) is 0 Å². The van der Waals surface area contributed by atoms with Gasteiger partial charge in [0.25, 0.3) is 5.91 Å². The fourth-order valence-electron chi connectivity index (χ4n) is 4.53. The van der Waals surface area contributed by atoms with Crippen LogP contribution in [0.3, 0.4) is 0 Å². The number of piperidine rings is 2. The highest BCUT2D eigenvalue weighted by atomic mass is 16.6. The smallest absolute Gasteiger partial charge is 0.409 e. The van der Waals surface area contributed by atoms with E-state index in [2.05, 4.69) is 5.32 Å². The first-order valence-electron chi connectivity index (χ1n) is 11.5. The Morgan fingerprint density at radius 2 is 1.61 bits per heavy atom. The quantitative estimate of drug-likeness (QED) is 0.651. The molecule has 180 valence electrons. The van der Waals surface area contributed by atoms with Crippen LogP contribution in [0.1, 0.15) is 45.1 Å². The average Bonchev–Trinajstić information content (AvgIpc) is 2.83. The fraction of sp³-hybridized carbons (Fsp3) is 0.583. The first-order valence-corrected chi connectivity index (χ1v) is 11.5. The Balaban J connectivity index is 1.54. The summed E-state index contributed by atoms with van der Waals surface area (Å²) in [5, 5.41) is 2.90. The van der Waals surface area contributed by atoms with Crippen molar-refractivity contribution in [3.63, 3.8) is 0 Å². The van der Waals surface area contributed by atoms with Crippen LogP contribution in [-0.2, 0) is 29.3 Å². The third-order valence-corrected chi connectivity index (χ3v) is 6.50. The van der Waals surface area contributed by atoms with Crippen molar-refractivity contribution in [2.24, 2.45) is 0 Å². The molecule has 1 aromatic carbocycles. The second-order valence-corrected chi connectivity index (χ2v) is 8.56. The average molecular weight is 460 g/mol. The molecule has 0 radical (unpaired) electrons. The third-order valence-electron chi connectivity index (χ3n) is 6.50. The number of amides is 3. The van der Waals surface area contributed by atoms with Crippen molar-refractivity contribution < 1.29 is 28.7 Å². The predicted octanol–water partition coefficient (Wildman–Crippen LogP) is 1.85. The van der Waals surface area contributed by atoms with E-state index in [1.807, 2.05) is 30.3 Å². The van der Waals surface area contributed by atoms with Gasteiger partial charge in [-0.3, -0.25) is 14.4 Å². The van der Waals surface area contributed by atoms with E-state index in [4.69, 9.17) is 9.47 Å². The number of nitrogens with one attached hydrogen (secondary N) is 1. The Labute approximate surface area is 194 Å². The summed E-state index contributed by atoms with van der Waals surface area (Å²) in [6.07, 6.45) is 1.80. The molecule has 2 aliphatic rings. The number of hydrogen-bond donors (Lipinski definition) is 1. The summed E-state index contributed by atoms with van der Waals surface area (Å²) in [4.78, 5) is 52.6. The number of esters is 1. The number of ether oxygens (including phenoxy) is 2. The van der Waals surface area contributed by atoms with E-state index in [-0.39, 0.29) is 30.6 Å². The lowest BCUT2D eigenvalue weighted by atomic mass is 9.72. The van der Waals surface area contributed by atoms with Crippen LogP contribution in [0.5, 0.6) is 0 Å². The number of nitrogens with zero attached hydrogens (tertiary/aromatic N) is 2. The van der Waals surface area contributed by atoms with Crippen molar-refractivity contribution in [2.45, 2.75) is 51.0 Å². The molecule has 0 aromatic heterocycles. The molecule has 0 saturated carbocycles. The summed E-state index contributed by atoms with van der Waals surface area (Å²) in [5.41, 5.74) is -0.0386. The Kier molecular flexibility index (Phi) is 8.30. The highest BCUT2D eigenvalue weighted by molar-refractivity contribution is 5.87.